The lowest BCUT2D eigenvalue weighted by Gasteiger charge is -2.30. The van der Waals surface area contributed by atoms with Crippen molar-refractivity contribution >= 4 is 17.9 Å². The van der Waals surface area contributed by atoms with E-state index in [-0.39, 0.29) is 6.54 Å². The molecule has 7 nitrogen and oxygen atoms in total. The number of carbonyl (C=O) groups is 3. The fourth-order valence-corrected chi connectivity index (χ4v) is 2.06. The molecule has 3 N–H and O–H groups in total. The topological polar surface area (TPSA) is 98.7 Å². The third-order valence-electron chi connectivity index (χ3n) is 3.18. The minimum atomic E-state index is -1.02. The van der Waals surface area contributed by atoms with Crippen LogP contribution >= 0.6 is 0 Å². The summed E-state index contributed by atoms with van der Waals surface area (Å²) in [6.07, 6.45) is 1.24. The maximum absolute atomic E-state index is 11.6. The Morgan fingerprint density at radius 2 is 2.06 bits per heavy atom. The van der Waals surface area contributed by atoms with Gasteiger partial charge in [0.2, 0.25) is 5.91 Å². The molecule has 0 aliphatic carbocycles. The molecule has 1 aliphatic rings. The van der Waals surface area contributed by atoms with E-state index in [1.807, 2.05) is 0 Å². The van der Waals surface area contributed by atoms with E-state index in [1.54, 1.807) is 18.7 Å². The van der Waals surface area contributed by atoms with E-state index in [9.17, 15) is 14.4 Å². The molecule has 1 atom stereocenters. The van der Waals surface area contributed by atoms with Crippen LogP contribution in [0.25, 0.3) is 0 Å². The number of hydrogen-bond donors (Lipinski definition) is 3. The second kappa shape index (κ2) is 5.81. The SMILES string of the molecule is CCNC(=O)NC(=O)CN1CCCC1(C)C(=O)O. The number of imide groups is 1. The molecule has 1 aliphatic heterocycles. The number of urea groups is 1. The Morgan fingerprint density at radius 3 is 2.61 bits per heavy atom. The fourth-order valence-electron chi connectivity index (χ4n) is 2.06. The summed E-state index contributed by atoms with van der Waals surface area (Å²) >= 11 is 0. The highest BCUT2D eigenvalue weighted by Gasteiger charge is 2.43. The number of nitrogens with one attached hydrogen (secondary N) is 2. The molecule has 0 aromatic heterocycles. The second-order valence-electron chi connectivity index (χ2n) is 4.51. The van der Waals surface area contributed by atoms with Gasteiger partial charge in [-0.2, -0.15) is 0 Å². The number of hydrogen-bond acceptors (Lipinski definition) is 4. The van der Waals surface area contributed by atoms with Crippen LogP contribution in [-0.2, 0) is 9.59 Å². The van der Waals surface area contributed by atoms with Crippen LogP contribution in [0.15, 0.2) is 0 Å². The summed E-state index contributed by atoms with van der Waals surface area (Å²) < 4.78 is 0. The first-order valence-corrected chi connectivity index (χ1v) is 5.96. The Labute approximate surface area is 106 Å². The molecule has 1 heterocycles. The van der Waals surface area contributed by atoms with Crippen molar-refractivity contribution in [3.63, 3.8) is 0 Å². The molecule has 1 unspecified atom stereocenters. The van der Waals surface area contributed by atoms with Gasteiger partial charge in [-0.05, 0) is 33.2 Å². The summed E-state index contributed by atoms with van der Waals surface area (Å²) in [5.74, 6) is -1.43. The molecule has 0 aromatic rings. The Hall–Kier alpha value is -1.63. The Balaban J connectivity index is 2.54. The van der Waals surface area contributed by atoms with Crippen LogP contribution in [0.1, 0.15) is 26.7 Å². The van der Waals surface area contributed by atoms with Gasteiger partial charge < -0.3 is 10.4 Å². The Morgan fingerprint density at radius 1 is 1.39 bits per heavy atom. The van der Waals surface area contributed by atoms with Crippen molar-refractivity contribution in [1.29, 1.82) is 0 Å². The first kappa shape index (κ1) is 14.4. The summed E-state index contributed by atoms with van der Waals surface area (Å²) in [6.45, 7) is 4.23. The fraction of sp³-hybridized carbons (Fsp3) is 0.727. The number of amides is 3. The number of aliphatic carboxylic acids is 1. The number of rotatable bonds is 4. The van der Waals surface area contributed by atoms with E-state index in [2.05, 4.69) is 10.6 Å². The standard InChI is InChI=1S/C11H19N3O4/c1-3-12-10(18)13-8(15)7-14-6-4-5-11(14,2)9(16)17/h3-7H2,1-2H3,(H,16,17)(H2,12,13,15,18). The lowest BCUT2D eigenvalue weighted by molar-refractivity contribution is -0.149. The van der Waals surface area contributed by atoms with Gasteiger partial charge in [0, 0.05) is 6.54 Å². The van der Waals surface area contributed by atoms with Crippen LogP contribution in [0, 0.1) is 0 Å². The molecular weight excluding hydrogens is 238 g/mol. The van der Waals surface area contributed by atoms with Gasteiger partial charge in [-0.25, -0.2) is 4.79 Å². The zero-order valence-corrected chi connectivity index (χ0v) is 10.7. The van der Waals surface area contributed by atoms with Gasteiger partial charge in [0.05, 0.1) is 6.54 Å². The van der Waals surface area contributed by atoms with Crippen molar-refractivity contribution in [3.8, 4) is 0 Å². The highest BCUT2D eigenvalue weighted by Crippen LogP contribution is 2.28. The van der Waals surface area contributed by atoms with Crippen LogP contribution in [0.4, 0.5) is 4.79 Å². The third kappa shape index (κ3) is 3.19. The predicted molar refractivity (Wildman–Crippen MR) is 64.1 cm³/mol. The first-order chi connectivity index (χ1) is 8.40. The summed E-state index contributed by atoms with van der Waals surface area (Å²) in [5.41, 5.74) is -1.02. The smallest absolute Gasteiger partial charge is 0.323 e. The average molecular weight is 257 g/mol. The van der Waals surface area contributed by atoms with Crippen LogP contribution < -0.4 is 10.6 Å². The van der Waals surface area contributed by atoms with Gasteiger partial charge in [-0.15, -0.1) is 0 Å². The van der Waals surface area contributed by atoms with Gasteiger partial charge in [-0.1, -0.05) is 0 Å². The average Bonchev–Trinajstić information content (AvgIpc) is 2.61. The minimum absolute atomic E-state index is 0.0834. The Kier molecular flexibility index (Phi) is 4.66. The molecule has 3 amide bonds. The second-order valence-corrected chi connectivity index (χ2v) is 4.51. The van der Waals surface area contributed by atoms with Crippen molar-refractivity contribution in [2.24, 2.45) is 0 Å². The number of carboxylic acids is 1. The summed E-state index contributed by atoms with van der Waals surface area (Å²) in [5, 5.41) is 13.8. The highest BCUT2D eigenvalue weighted by molar-refractivity contribution is 5.95. The van der Waals surface area contributed by atoms with E-state index in [0.717, 1.165) is 6.42 Å². The predicted octanol–water partition coefficient (Wildman–Crippen LogP) is -0.229. The summed E-state index contributed by atoms with van der Waals surface area (Å²) in [7, 11) is 0. The Bertz CT molecular complexity index is 358. The number of carbonyl (C=O) groups excluding carboxylic acids is 2. The molecule has 7 heteroatoms. The summed E-state index contributed by atoms with van der Waals surface area (Å²) in [6, 6.07) is -0.557. The van der Waals surface area contributed by atoms with E-state index < -0.39 is 23.4 Å². The lowest BCUT2D eigenvalue weighted by Crippen LogP contribution is -2.52. The van der Waals surface area contributed by atoms with E-state index in [4.69, 9.17) is 5.11 Å². The third-order valence-corrected chi connectivity index (χ3v) is 3.18. The molecule has 0 radical (unpaired) electrons. The van der Waals surface area contributed by atoms with Crippen LogP contribution in [0.3, 0.4) is 0 Å². The minimum Gasteiger partial charge on any atom is -0.480 e. The van der Waals surface area contributed by atoms with Crippen molar-refractivity contribution in [2.45, 2.75) is 32.2 Å². The molecule has 0 bridgehead atoms. The number of carboxylic acid groups (broad SMARTS) is 1. The molecular formula is C11H19N3O4. The quantitative estimate of drug-likeness (QED) is 0.646. The zero-order valence-electron chi connectivity index (χ0n) is 10.7. The van der Waals surface area contributed by atoms with Gasteiger partial charge in [0.25, 0.3) is 0 Å². The highest BCUT2D eigenvalue weighted by atomic mass is 16.4. The van der Waals surface area contributed by atoms with Gasteiger partial charge >= 0.3 is 12.0 Å². The summed E-state index contributed by atoms with van der Waals surface area (Å²) in [4.78, 5) is 35.5. The number of likely N-dealkylation sites (tertiary alicyclic amines) is 1. The van der Waals surface area contributed by atoms with Crippen LogP contribution in [0.2, 0.25) is 0 Å². The van der Waals surface area contributed by atoms with Crippen LogP contribution in [0.5, 0.6) is 0 Å². The van der Waals surface area contributed by atoms with Gasteiger partial charge in [0.1, 0.15) is 5.54 Å². The zero-order chi connectivity index (χ0) is 13.8. The maximum Gasteiger partial charge on any atom is 0.323 e. The molecule has 1 fully saturated rings. The maximum atomic E-state index is 11.6. The monoisotopic (exact) mass is 257 g/mol. The van der Waals surface area contributed by atoms with Crippen molar-refractivity contribution < 1.29 is 19.5 Å². The van der Waals surface area contributed by atoms with Crippen LogP contribution in [-0.4, -0.2) is 53.1 Å². The number of nitrogens with zero attached hydrogens (tertiary/aromatic N) is 1. The normalized spacial score (nSPS) is 23.7. The van der Waals surface area contributed by atoms with Crippen molar-refractivity contribution in [3.05, 3.63) is 0 Å². The van der Waals surface area contributed by atoms with Gasteiger partial charge in [0.15, 0.2) is 0 Å². The molecule has 1 rings (SSSR count). The molecule has 1 saturated heterocycles. The van der Waals surface area contributed by atoms with E-state index >= 15 is 0 Å². The molecule has 0 aromatic carbocycles. The van der Waals surface area contributed by atoms with E-state index in [0.29, 0.717) is 19.5 Å². The van der Waals surface area contributed by atoms with E-state index in [1.165, 1.54) is 0 Å². The van der Waals surface area contributed by atoms with Crippen molar-refractivity contribution in [2.75, 3.05) is 19.6 Å². The van der Waals surface area contributed by atoms with Gasteiger partial charge in [-0.3, -0.25) is 19.8 Å². The largest absolute Gasteiger partial charge is 0.480 e. The molecule has 102 valence electrons. The molecule has 18 heavy (non-hydrogen) atoms. The molecule has 0 saturated carbocycles. The first-order valence-electron chi connectivity index (χ1n) is 5.96. The van der Waals surface area contributed by atoms with Crippen molar-refractivity contribution in [1.82, 2.24) is 15.5 Å². The lowest BCUT2D eigenvalue weighted by atomic mass is 9.99. The molecule has 0 spiro atoms.